The van der Waals surface area contributed by atoms with E-state index in [4.69, 9.17) is 0 Å². The van der Waals surface area contributed by atoms with Crippen LogP contribution in [-0.2, 0) is 0 Å². The maximum atomic E-state index is 13.0. The molecule has 116 valence electrons. The molecule has 0 atom stereocenters. The van der Waals surface area contributed by atoms with Gasteiger partial charge < -0.3 is 10.6 Å². The maximum Gasteiger partial charge on any atom is 0.261 e. The third-order valence-corrected chi connectivity index (χ3v) is 4.10. The predicted octanol–water partition coefficient (Wildman–Crippen LogP) is 2.75. The molecule has 6 heteroatoms. The lowest BCUT2D eigenvalue weighted by molar-refractivity contribution is 0.0952. The summed E-state index contributed by atoms with van der Waals surface area (Å²) in [5.74, 6) is -0.852. The van der Waals surface area contributed by atoms with Gasteiger partial charge in [0.25, 0.3) is 11.8 Å². The summed E-state index contributed by atoms with van der Waals surface area (Å²) in [6.07, 6.45) is 0.608. The predicted molar refractivity (Wildman–Crippen MR) is 84.7 cm³/mol. The summed E-state index contributed by atoms with van der Waals surface area (Å²) in [6.45, 7) is 2.78. The molecule has 0 aliphatic rings. The van der Waals surface area contributed by atoms with Crippen LogP contribution in [0.3, 0.4) is 0 Å². The molecule has 22 heavy (non-hydrogen) atoms. The maximum absolute atomic E-state index is 13.0. The van der Waals surface area contributed by atoms with E-state index in [0.29, 0.717) is 30.0 Å². The number of nitrogens with one attached hydrogen (secondary N) is 2. The molecule has 2 N–H and O–H groups in total. The van der Waals surface area contributed by atoms with Gasteiger partial charge in [0.05, 0.1) is 4.88 Å². The van der Waals surface area contributed by atoms with Crippen molar-refractivity contribution in [3.05, 3.63) is 57.5 Å². The second kappa shape index (κ2) is 7.70. The minimum atomic E-state index is -0.439. The number of amides is 2. The van der Waals surface area contributed by atoms with Gasteiger partial charge in [-0.3, -0.25) is 9.59 Å². The van der Waals surface area contributed by atoms with Crippen LogP contribution >= 0.6 is 11.3 Å². The van der Waals surface area contributed by atoms with Crippen molar-refractivity contribution >= 4 is 23.2 Å². The van der Waals surface area contributed by atoms with Crippen molar-refractivity contribution in [2.75, 3.05) is 13.1 Å². The normalized spacial score (nSPS) is 10.3. The van der Waals surface area contributed by atoms with E-state index >= 15 is 0 Å². The molecular weight excluding hydrogens is 303 g/mol. The molecule has 1 heterocycles. The minimum absolute atomic E-state index is 0.0936. The van der Waals surface area contributed by atoms with Crippen LogP contribution in [0.25, 0.3) is 0 Å². The number of hydrogen-bond donors (Lipinski definition) is 2. The summed E-state index contributed by atoms with van der Waals surface area (Å²) in [4.78, 5) is 24.3. The second-order valence-corrected chi connectivity index (χ2v) is 5.72. The Morgan fingerprint density at radius 2 is 1.86 bits per heavy atom. The summed E-state index contributed by atoms with van der Waals surface area (Å²) >= 11 is 1.41. The molecule has 0 radical (unpaired) electrons. The fourth-order valence-electron chi connectivity index (χ4n) is 1.91. The van der Waals surface area contributed by atoms with Gasteiger partial charge in [-0.05, 0) is 48.6 Å². The highest BCUT2D eigenvalue weighted by molar-refractivity contribution is 7.12. The van der Waals surface area contributed by atoms with Gasteiger partial charge in [-0.25, -0.2) is 4.39 Å². The van der Waals surface area contributed by atoms with Crippen molar-refractivity contribution in [3.8, 4) is 0 Å². The van der Waals surface area contributed by atoms with Crippen LogP contribution in [-0.4, -0.2) is 24.9 Å². The summed E-state index contributed by atoms with van der Waals surface area (Å²) in [6, 6.07) is 7.43. The SMILES string of the molecule is Cc1ccsc1C(=O)NCCCNC(=O)c1cccc(F)c1. The van der Waals surface area contributed by atoms with E-state index in [1.165, 1.54) is 29.5 Å². The van der Waals surface area contributed by atoms with Crippen LogP contribution < -0.4 is 10.6 Å². The molecule has 0 fully saturated rings. The summed E-state index contributed by atoms with van der Waals surface area (Å²) in [7, 11) is 0. The summed E-state index contributed by atoms with van der Waals surface area (Å²) < 4.78 is 13.0. The van der Waals surface area contributed by atoms with E-state index in [9.17, 15) is 14.0 Å². The van der Waals surface area contributed by atoms with Crippen LogP contribution in [0.4, 0.5) is 4.39 Å². The molecule has 0 aliphatic carbocycles. The highest BCUT2D eigenvalue weighted by Crippen LogP contribution is 2.14. The van der Waals surface area contributed by atoms with Crippen molar-refractivity contribution in [1.82, 2.24) is 10.6 Å². The molecule has 0 saturated heterocycles. The zero-order valence-corrected chi connectivity index (χ0v) is 13.0. The van der Waals surface area contributed by atoms with Gasteiger partial charge in [0.1, 0.15) is 5.82 Å². The number of halogens is 1. The first-order chi connectivity index (χ1) is 10.6. The van der Waals surface area contributed by atoms with Gasteiger partial charge in [-0.1, -0.05) is 6.07 Å². The Morgan fingerprint density at radius 3 is 2.50 bits per heavy atom. The Morgan fingerprint density at radius 1 is 1.14 bits per heavy atom. The van der Waals surface area contributed by atoms with E-state index < -0.39 is 5.82 Å². The molecule has 0 spiro atoms. The molecule has 0 unspecified atom stereocenters. The largest absolute Gasteiger partial charge is 0.352 e. The Bertz CT molecular complexity index is 670. The molecule has 0 saturated carbocycles. The van der Waals surface area contributed by atoms with Gasteiger partial charge in [0.2, 0.25) is 0 Å². The quantitative estimate of drug-likeness (QED) is 0.804. The minimum Gasteiger partial charge on any atom is -0.352 e. The van der Waals surface area contributed by atoms with Crippen LogP contribution in [0.5, 0.6) is 0 Å². The molecular formula is C16H17FN2O2S. The first kappa shape index (κ1) is 16.2. The third kappa shape index (κ3) is 4.39. The molecule has 2 aromatic rings. The molecule has 1 aromatic heterocycles. The Balaban J connectivity index is 1.68. The van der Waals surface area contributed by atoms with Gasteiger partial charge in [-0.2, -0.15) is 0 Å². The number of benzene rings is 1. The number of carbonyl (C=O) groups excluding carboxylic acids is 2. The number of thiophene rings is 1. The zero-order valence-electron chi connectivity index (χ0n) is 12.2. The molecule has 0 bridgehead atoms. The molecule has 0 aliphatic heterocycles. The lowest BCUT2D eigenvalue weighted by atomic mass is 10.2. The number of hydrogen-bond acceptors (Lipinski definition) is 3. The van der Waals surface area contributed by atoms with Crippen molar-refractivity contribution in [1.29, 1.82) is 0 Å². The Hall–Kier alpha value is -2.21. The van der Waals surface area contributed by atoms with E-state index in [1.54, 1.807) is 6.07 Å². The van der Waals surface area contributed by atoms with Crippen molar-refractivity contribution in [3.63, 3.8) is 0 Å². The Labute approximate surface area is 132 Å². The average molecular weight is 320 g/mol. The third-order valence-electron chi connectivity index (χ3n) is 3.08. The van der Waals surface area contributed by atoms with E-state index in [0.717, 1.165) is 5.56 Å². The summed E-state index contributed by atoms with van der Waals surface area (Å²) in [5, 5.41) is 7.38. The standard InChI is InChI=1S/C16H17FN2O2S/c1-11-6-9-22-14(11)16(21)19-8-3-7-18-15(20)12-4-2-5-13(17)10-12/h2,4-6,9-10H,3,7-8H2,1H3,(H,18,20)(H,19,21). The van der Waals surface area contributed by atoms with E-state index in [2.05, 4.69) is 10.6 Å². The van der Waals surface area contributed by atoms with Gasteiger partial charge in [0.15, 0.2) is 0 Å². The fourth-order valence-corrected chi connectivity index (χ4v) is 2.75. The highest BCUT2D eigenvalue weighted by Gasteiger charge is 2.09. The smallest absolute Gasteiger partial charge is 0.261 e. The van der Waals surface area contributed by atoms with Crippen LogP contribution in [0.2, 0.25) is 0 Å². The fraction of sp³-hybridized carbons (Fsp3) is 0.250. The monoisotopic (exact) mass is 320 g/mol. The second-order valence-electron chi connectivity index (χ2n) is 4.81. The van der Waals surface area contributed by atoms with Gasteiger partial charge in [-0.15, -0.1) is 11.3 Å². The van der Waals surface area contributed by atoms with Crippen molar-refractivity contribution in [2.45, 2.75) is 13.3 Å². The van der Waals surface area contributed by atoms with Gasteiger partial charge >= 0.3 is 0 Å². The molecule has 1 aromatic carbocycles. The number of aryl methyl sites for hydroxylation is 1. The van der Waals surface area contributed by atoms with E-state index in [1.807, 2.05) is 18.4 Å². The van der Waals surface area contributed by atoms with Crippen LogP contribution in [0.15, 0.2) is 35.7 Å². The van der Waals surface area contributed by atoms with Gasteiger partial charge in [0, 0.05) is 18.7 Å². The number of rotatable bonds is 6. The topological polar surface area (TPSA) is 58.2 Å². The van der Waals surface area contributed by atoms with Crippen molar-refractivity contribution in [2.24, 2.45) is 0 Å². The highest BCUT2D eigenvalue weighted by atomic mass is 32.1. The molecule has 2 rings (SSSR count). The molecule has 4 nitrogen and oxygen atoms in total. The average Bonchev–Trinajstić information content (AvgIpc) is 2.92. The van der Waals surface area contributed by atoms with Crippen molar-refractivity contribution < 1.29 is 14.0 Å². The lowest BCUT2D eigenvalue weighted by Crippen LogP contribution is -2.29. The van der Waals surface area contributed by atoms with Crippen LogP contribution in [0, 0.1) is 12.7 Å². The van der Waals surface area contributed by atoms with E-state index in [-0.39, 0.29) is 11.8 Å². The first-order valence-electron chi connectivity index (χ1n) is 6.94. The lowest BCUT2D eigenvalue weighted by Gasteiger charge is -2.07. The van der Waals surface area contributed by atoms with Crippen LogP contribution in [0.1, 0.15) is 32.0 Å². The first-order valence-corrected chi connectivity index (χ1v) is 7.82. The zero-order chi connectivity index (χ0) is 15.9. The Kier molecular flexibility index (Phi) is 5.66. The molecule has 2 amide bonds. The summed E-state index contributed by atoms with van der Waals surface area (Å²) in [5.41, 5.74) is 1.25. The number of carbonyl (C=O) groups is 2.